The highest BCUT2D eigenvalue weighted by atomic mass is 32.2. The Balaban J connectivity index is 2.40. The average molecular weight is 422 g/mol. The van der Waals surface area contributed by atoms with Gasteiger partial charge in [-0.2, -0.15) is 0 Å². The zero-order valence-corrected chi connectivity index (χ0v) is 17.7. The van der Waals surface area contributed by atoms with E-state index in [-0.39, 0.29) is 11.7 Å². The molecule has 0 unspecified atom stereocenters. The first-order chi connectivity index (χ1) is 13.4. The molecule has 29 heavy (non-hydrogen) atoms. The van der Waals surface area contributed by atoms with Gasteiger partial charge in [-0.25, -0.2) is 17.2 Å². The number of sulfonamides is 1. The molecule has 0 saturated carbocycles. The molecule has 0 saturated heterocycles. The van der Waals surface area contributed by atoms with Crippen molar-refractivity contribution in [1.82, 2.24) is 5.32 Å². The number of carbonyl (C=O) groups is 1. The first-order valence-electron chi connectivity index (χ1n) is 8.94. The molecule has 0 aliphatic heterocycles. The summed E-state index contributed by atoms with van der Waals surface area (Å²) in [6.45, 7) is 6.96. The van der Waals surface area contributed by atoms with Crippen LogP contribution in [-0.2, 0) is 14.8 Å². The largest absolute Gasteiger partial charge is 0.348 e. The summed E-state index contributed by atoms with van der Waals surface area (Å²) in [5, 5.41) is 2.48. The van der Waals surface area contributed by atoms with Gasteiger partial charge in [-0.1, -0.05) is 12.1 Å². The maximum absolute atomic E-state index is 14.6. The quantitative estimate of drug-likeness (QED) is 0.681. The summed E-state index contributed by atoms with van der Waals surface area (Å²) in [6.07, 6.45) is 2.14. The Morgan fingerprint density at radius 3 is 2.28 bits per heavy atom. The topological polar surface area (TPSA) is 75.3 Å². The van der Waals surface area contributed by atoms with Crippen LogP contribution < -0.4 is 10.0 Å². The highest BCUT2D eigenvalue weighted by molar-refractivity contribution is 7.92. The van der Waals surface area contributed by atoms with Crippen molar-refractivity contribution in [2.75, 3.05) is 11.0 Å². The van der Waals surface area contributed by atoms with Crippen LogP contribution in [0.15, 0.2) is 36.2 Å². The molecule has 2 rings (SSSR count). The summed E-state index contributed by atoms with van der Waals surface area (Å²) in [7, 11) is -3.51. The van der Waals surface area contributed by atoms with Gasteiger partial charge in [0.15, 0.2) is 5.83 Å². The fourth-order valence-electron chi connectivity index (χ4n) is 2.83. The molecule has 0 radical (unpaired) electrons. The summed E-state index contributed by atoms with van der Waals surface area (Å²) in [6, 6.07) is 7.25. The molecule has 2 N–H and O–H groups in total. The summed E-state index contributed by atoms with van der Waals surface area (Å²) < 4.78 is 53.6. The standard InChI is InChI=1S/C21H24F2N2O3S/c1-12(2)24-21(26)20(23)10-15-8-14(4)18(9-13(15)3)17-7-6-16(11-19(17)22)25-29(5,27)28/h6-12,25H,1-5H3,(H,24,26). The molecule has 8 heteroatoms. The van der Waals surface area contributed by atoms with Crippen molar-refractivity contribution in [3.63, 3.8) is 0 Å². The van der Waals surface area contributed by atoms with Gasteiger partial charge in [-0.05, 0) is 74.2 Å². The SMILES string of the molecule is Cc1cc(-c2ccc(NS(C)(=O)=O)cc2F)c(C)cc1C=C(F)C(=O)NC(C)C. The molecule has 0 heterocycles. The van der Waals surface area contributed by atoms with Gasteiger partial charge in [-0.3, -0.25) is 9.52 Å². The summed E-state index contributed by atoms with van der Waals surface area (Å²) >= 11 is 0. The second-order valence-corrected chi connectivity index (χ2v) is 8.96. The van der Waals surface area contributed by atoms with Crippen LogP contribution in [0.1, 0.15) is 30.5 Å². The Morgan fingerprint density at radius 1 is 1.07 bits per heavy atom. The number of rotatable bonds is 6. The molecular weight excluding hydrogens is 398 g/mol. The third-order valence-electron chi connectivity index (χ3n) is 4.09. The molecular formula is C21H24F2N2O3S. The summed E-state index contributed by atoms with van der Waals surface area (Å²) in [5.41, 5.74) is 2.87. The Kier molecular flexibility index (Phi) is 6.79. The molecule has 156 valence electrons. The summed E-state index contributed by atoms with van der Waals surface area (Å²) in [4.78, 5) is 11.8. The van der Waals surface area contributed by atoms with E-state index in [1.807, 2.05) is 0 Å². The fourth-order valence-corrected chi connectivity index (χ4v) is 3.38. The van der Waals surface area contributed by atoms with E-state index >= 15 is 0 Å². The number of amides is 1. The van der Waals surface area contributed by atoms with Gasteiger partial charge >= 0.3 is 0 Å². The molecule has 2 aromatic rings. The molecule has 0 bridgehead atoms. The van der Waals surface area contributed by atoms with Gasteiger partial charge < -0.3 is 5.32 Å². The second kappa shape index (κ2) is 8.73. The Morgan fingerprint density at radius 2 is 1.72 bits per heavy atom. The van der Waals surface area contributed by atoms with Crippen LogP contribution in [0.4, 0.5) is 14.5 Å². The first-order valence-corrected chi connectivity index (χ1v) is 10.8. The van der Waals surface area contributed by atoms with Crippen LogP contribution in [-0.4, -0.2) is 26.6 Å². The van der Waals surface area contributed by atoms with Crippen LogP contribution in [0.5, 0.6) is 0 Å². The van der Waals surface area contributed by atoms with Crippen molar-refractivity contribution < 1.29 is 22.0 Å². The van der Waals surface area contributed by atoms with Gasteiger partial charge in [0.2, 0.25) is 10.0 Å². The number of aryl methyl sites for hydroxylation is 2. The average Bonchev–Trinajstić information content (AvgIpc) is 2.56. The monoisotopic (exact) mass is 422 g/mol. The van der Waals surface area contributed by atoms with Crippen molar-refractivity contribution in [3.8, 4) is 11.1 Å². The zero-order valence-electron chi connectivity index (χ0n) is 16.9. The summed E-state index contributed by atoms with van der Waals surface area (Å²) in [5.74, 6) is -2.29. The molecule has 2 aromatic carbocycles. The minimum atomic E-state index is -3.51. The molecule has 0 spiro atoms. The van der Waals surface area contributed by atoms with Gasteiger partial charge in [0.05, 0.1) is 11.9 Å². The lowest BCUT2D eigenvalue weighted by Crippen LogP contribution is -2.30. The highest BCUT2D eigenvalue weighted by Crippen LogP contribution is 2.31. The van der Waals surface area contributed by atoms with Crippen LogP contribution in [0, 0.1) is 19.7 Å². The Labute approximate surface area is 169 Å². The van der Waals surface area contributed by atoms with Crippen LogP contribution in [0.3, 0.4) is 0 Å². The molecule has 0 atom stereocenters. The van der Waals surface area contributed by atoms with Crippen molar-refractivity contribution in [2.45, 2.75) is 33.7 Å². The zero-order chi connectivity index (χ0) is 21.9. The van der Waals surface area contributed by atoms with E-state index in [0.29, 0.717) is 27.8 Å². The van der Waals surface area contributed by atoms with Crippen molar-refractivity contribution in [1.29, 1.82) is 0 Å². The van der Waals surface area contributed by atoms with Crippen LogP contribution in [0.25, 0.3) is 17.2 Å². The smallest absolute Gasteiger partial charge is 0.280 e. The predicted molar refractivity (Wildman–Crippen MR) is 112 cm³/mol. The predicted octanol–water partition coefficient (Wildman–Crippen LogP) is 4.32. The van der Waals surface area contributed by atoms with E-state index < -0.39 is 27.6 Å². The highest BCUT2D eigenvalue weighted by Gasteiger charge is 2.14. The number of nitrogens with one attached hydrogen (secondary N) is 2. The molecule has 0 aromatic heterocycles. The van der Waals surface area contributed by atoms with Crippen molar-refractivity contribution in [3.05, 3.63) is 58.7 Å². The minimum Gasteiger partial charge on any atom is -0.348 e. The van der Waals surface area contributed by atoms with E-state index in [1.165, 1.54) is 12.1 Å². The normalized spacial score (nSPS) is 12.2. The minimum absolute atomic E-state index is 0.126. The maximum atomic E-state index is 14.6. The third kappa shape index (κ3) is 6.12. The molecule has 0 fully saturated rings. The number of carbonyl (C=O) groups excluding carboxylic acids is 1. The fraction of sp³-hybridized carbons (Fsp3) is 0.286. The number of benzene rings is 2. The van der Waals surface area contributed by atoms with E-state index in [4.69, 9.17) is 0 Å². The second-order valence-electron chi connectivity index (χ2n) is 7.21. The van der Waals surface area contributed by atoms with Crippen LogP contribution in [0.2, 0.25) is 0 Å². The van der Waals surface area contributed by atoms with E-state index in [2.05, 4.69) is 10.0 Å². The molecule has 5 nitrogen and oxygen atoms in total. The number of anilines is 1. The van der Waals surface area contributed by atoms with Gasteiger partial charge in [0, 0.05) is 11.6 Å². The van der Waals surface area contributed by atoms with Crippen LogP contribution >= 0.6 is 0 Å². The number of hydrogen-bond donors (Lipinski definition) is 2. The molecule has 1 amide bonds. The van der Waals surface area contributed by atoms with Crippen molar-refractivity contribution >= 4 is 27.7 Å². The maximum Gasteiger partial charge on any atom is 0.280 e. The number of hydrogen-bond acceptors (Lipinski definition) is 3. The van der Waals surface area contributed by atoms with E-state index in [9.17, 15) is 22.0 Å². The van der Waals surface area contributed by atoms with Gasteiger partial charge in [0.1, 0.15) is 5.82 Å². The Bertz CT molecular complexity index is 1080. The molecule has 0 aliphatic rings. The van der Waals surface area contributed by atoms with Gasteiger partial charge in [-0.15, -0.1) is 0 Å². The van der Waals surface area contributed by atoms with E-state index in [0.717, 1.165) is 18.4 Å². The van der Waals surface area contributed by atoms with E-state index in [1.54, 1.807) is 39.8 Å². The number of halogens is 2. The lowest BCUT2D eigenvalue weighted by molar-refractivity contribution is -0.119. The van der Waals surface area contributed by atoms with Crippen molar-refractivity contribution in [2.24, 2.45) is 0 Å². The first kappa shape index (κ1) is 22.5. The van der Waals surface area contributed by atoms with Gasteiger partial charge in [0.25, 0.3) is 5.91 Å². The lowest BCUT2D eigenvalue weighted by atomic mass is 9.94. The third-order valence-corrected chi connectivity index (χ3v) is 4.70. The lowest BCUT2D eigenvalue weighted by Gasteiger charge is -2.13. The Hall–Kier alpha value is -2.74. The molecule has 0 aliphatic carbocycles.